The molecule has 0 saturated heterocycles. The van der Waals surface area contributed by atoms with Crippen LogP contribution >= 0.6 is 0 Å². The fourth-order valence-electron chi connectivity index (χ4n) is 2.55. The lowest BCUT2D eigenvalue weighted by Crippen LogP contribution is -2.32. The number of hydrogen-bond acceptors (Lipinski definition) is 4. The zero-order valence-electron chi connectivity index (χ0n) is 12.3. The van der Waals surface area contributed by atoms with Crippen LogP contribution in [0.15, 0.2) is 6.20 Å². The minimum absolute atomic E-state index is 0.486. The van der Waals surface area contributed by atoms with Gasteiger partial charge in [-0.2, -0.15) is 13.2 Å². The Hall–Kier alpha value is -1.96. The molecule has 1 aliphatic heterocycles. The van der Waals surface area contributed by atoms with Gasteiger partial charge in [-0.1, -0.05) is 0 Å². The number of imidazole rings is 1. The highest BCUT2D eigenvalue weighted by Crippen LogP contribution is 2.27. The van der Waals surface area contributed by atoms with Crippen molar-refractivity contribution in [3.63, 3.8) is 0 Å². The zero-order valence-corrected chi connectivity index (χ0v) is 12.3. The molecule has 0 spiro atoms. The molecule has 0 amide bonds. The molecule has 0 aliphatic carbocycles. The summed E-state index contributed by atoms with van der Waals surface area (Å²) >= 11 is 0. The van der Waals surface area contributed by atoms with Crippen molar-refractivity contribution in [1.29, 1.82) is 0 Å². The van der Waals surface area contributed by atoms with Crippen LogP contribution in [0.25, 0.3) is 0 Å². The van der Waals surface area contributed by atoms with Crippen LogP contribution in [-0.2, 0) is 25.7 Å². The standard InChI is InChI=1S/C14H16F3N5/c1-8-9(2)20-12(19-8)7-22-4-3-11-10(6-22)5-18-13(21-11)14(15,16)17/h5H,3-4,6-7H2,1-2H3,(H,19,20). The van der Waals surface area contributed by atoms with Crippen LogP contribution in [0.2, 0.25) is 0 Å². The first-order valence-corrected chi connectivity index (χ1v) is 6.99. The minimum atomic E-state index is -4.49. The second kappa shape index (κ2) is 5.35. The number of alkyl halides is 3. The number of hydrogen-bond donors (Lipinski definition) is 1. The molecular weight excluding hydrogens is 295 g/mol. The van der Waals surface area contributed by atoms with Gasteiger partial charge in [0, 0.05) is 37.0 Å². The highest BCUT2D eigenvalue weighted by molar-refractivity contribution is 5.21. The molecule has 8 heteroatoms. The molecule has 1 aliphatic rings. The van der Waals surface area contributed by atoms with Crippen LogP contribution in [0.4, 0.5) is 13.2 Å². The van der Waals surface area contributed by atoms with Gasteiger partial charge in [-0.15, -0.1) is 0 Å². The second-order valence-corrected chi connectivity index (χ2v) is 5.52. The molecule has 2 aromatic heterocycles. The Labute approximate surface area is 125 Å². The maximum atomic E-state index is 12.6. The van der Waals surface area contributed by atoms with Gasteiger partial charge in [0.25, 0.3) is 0 Å². The van der Waals surface area contributed by atoms with Crippen molar-refractivity contribution in [2.45, 2.75) is 39.5 Å². The molecule has 0 unspecified atom stereocenters. The van der Waals surface area contributed by atoms with Crippen molar-refractivity contribution in [3.8, 4) is 0 Å². The largest absolute Gasteiger partial charge is 0.451 e. The molecule has 5 nitrogen and oxygen atoms in total. The number of aryl methyl sites for hydroxylation is 2. The van der Waals surface area contributed by atoms with E-state index in [9.17, 15) is 13.2 Å². The van der Waals surface area contributed by atoms with E-state index in [4.69, 9.17) is 0 Å². The number of fused-ring (bicyclic) bond motifs is 1. The van der Waals surface area contributed by atoms with Gasteiger partial charge in [-0.05, 0) is 13.8 Å². The van der Waals surface area contributed by atoms with Gasteiger partial charge in [-0.3, -0.25) is 4.90 Å². The Morgan fingerprint density at radius 2 is 2.05 bits per heavy atom. The number of aromatic amines is 1. The van der Waals surface area contributed by atoms with E-state index in [1.807, 2.05) is 13.8 Å². The third kappa shape index (κ3) is 2.96. The predicted molar refractivity (Wildman–Crippen MR) is 72.9 cm³/mol. The molecular formula is C14H16F3N5. The molecule has 3 heterocycles. The molecule has 0 radical (unpaired) electrons. The number of aromatic nitrogens is 4. The van der Waals surface area contributed by atoms with Crippen molar-refractivity contribution < 1.29 is 13.2 Å². The summed E-state index contributed by atoms with van der Waals surface area (Å²) < 4.78 is 37.8. The Morgan fingerprint density at radius 1 is 1.27 bits per heavy atom. The second-order valence-electron chi connectivity index (χ2n) is 5.52. The predicted octanol–water partition coefficient (Wildman–Crippen LogP) is 2.39. The first-order valence-electron chi connectivity index (χ1n) is 6.99. The molecule has 22 heavy (non-hydrogen) atoms. The summed E-state index contributed by atoms with van der Waals surface area (Å²) in [6.07, 6.45) is -2.72. The maximum Gasteiger partial charge on any atom is 0.451 e. The normalized spacial score (nSPS) is 15.9. The molecule has 0 saturated carbocycles. The summed E-state index contributed by atoms with van der Waals surface area (Å²) in [4.78, 5) is 16.9. The molecule has 1 N–H and O–H groups in total. The summed E-state index contributed by atoms with van der Waals surface area (Å²) in [5, 5.41) is 0. The number of nitrogens with one attached hydrogen (secondary N) is 1. The summed E-state index contributed by atoms with van der Waals surface area (Å²) in [6.45, 7) is 5.72. The van der Waals surface area contributed by atoms with Gasteiger partial charge in [-0.25, -0.2) is 15.0 Å². The van der Waals surface area contributed by atoms with E-state index in [0.717, 1.165) is 22.8 Å². The van der Waals surface area contributed by atoms with Gasteiger partial charge in [0.2, 0.25) is 5.82 Å². The van der Waals surface area contributed by atoms with Crippen LogP contribution in [0, 0.1) is 13.8 Å². The van der Waals surface area contributed by atoms with Gasteiger partial charge in [0.15, 0.2) is 0 Å². The van der Waals surface area contributed by atoms with Crippen molar-refractivity contribution in [1.82, 2.24) is 24.8 Å². The monoisotopic (exact) mass is 311 g/mol. The Bertz CT molecular complexity index is 673. The fourth-order valence-corrected chi connectivity index (χ4v) is 2.55. The number of nitrogens with zero attached hydrogens (tertiary/aromatic N) is 4. The van der Waals surface area contributed by atoms with E-state index in [1.165, 1.54) is 6.20 Å². The first kappa shape index (κ1) is 15.0. The topological polar surface area (TPSA) is 57.7 Å². The number of H-pyrrole nitrogens is 1. The van der Waals surface area contributed by atoms with Gasteiger partial charge in [0.1, 0.15) is 5.82 Å². The summed E-state index contributed by atoms with van der Waals surface area (Å²) in [6, 6.07) is 0. The first-order chi connectivity index (χ1) is 10.3. The van der Waals surface area contributed by atoms with Gasteiger partial charge < -0.3 is 4.98 Å². The van der Waals surface area contributed by atoms with Crippen LogP contribution in [-0.4, -0.2) is 31.4 Å². The van der Waals surface area contributed by atoms with E-state index in [2.05, 4.69) is 24.8 Å². The molecule has 0 bridgehead atoms. The lowest BCUT2D eigenvalue weighted by Gasteiger charge is -2.27. The molecule has 0 aromatic carbocycles. The molecule has 118 valence electrons. The highest BCUT2D eigenvalue weighted by atomic mass is 19.4. The van der Waals surface area contributed by atoms with Crippen LogP contribution in [0.1, 0.15) is 34.3 Å². The molecule has 2 aromatic rings. The summed E-state index contributed by atoms with van der Waals surface area (Å²) in [5.41, 5.74) is 3.24. The highest BCUT2D eigenvalue weighted by Gasteiger charge is 2.35. The van der Waals surface area contributed by atoms with Crippen LogP contribution in [0.5, 0.6) is 0 Å². The smallest absolute Gasteiger partial charge is 0.345 e. The van der Waals surface area contributed by atoms with Gasteiger partial charge in [0.05, 0.1) is 17.9 Å². The third-order valence-corrected chi connectivity index (χ3v) is 3.82. The van der Waals surface area contributed by atoms with Crippen LogP contribution < -0.4 is 0 Å². The minimum Gasteiger partial charge on any atom is -0.345 e. The maximum absolute atomic E-state index is 12.6. The Morgan fingerprint density at radius 3 is 2.68 bits per heavy atom. The van der Waals surface area contributed by atoms with Crippen LogP contribution in [0.3, 0.4) is 0 Å². The van der Waals surface area contributed by atoms with Crippen molar-refractivity contribution in [2.75, 3.05) is 6.54 Å². The molecule has 0 fully saturated rings. The average molecular weight is 311 g/mol. The SMILES string of the molecule is Cc1nc(CN2CCc3nc(C(F)(F)F)ncc3C2)[nH]c1C. The van der Waals surface area contributed by atoms with E-state index in [-0.39, 0.29) is 0 Å². The summed E-state index contributed by atoms with van der Waals surface area (Å²) in [7, 11) is 0. The zero-order chi connectivity index (χ0) is 15.9. The van der Waals surface area contributed by atoms with Gasteiger partial charge >= 0.3 is 6.18 Å². The van der Waals surface area contributed by atoms with Crippen molar-refractivity contribution >= 4 is 0 Å². The average Bonchev–Trinajstić information content (AvgIpc) is 2.75. The van der Waals surface area contributed by atoms with E-state index in [0.29, 0.717) is 31.7 Å². The number of halogens is 3. The van der Waals surface area contributed by atoms with Crippen molar-refractivity contribution in [3.05, 3.63) is 40.5 Å². The third-order valence-electron chi connectivity index (χ3n) is 3.82. The van der Waals surface area contributed by atoms with Crippen molar-refractivity contribution in [2.24, 2.45) is 0 Å². The lowest BCUT2D eigenvalue weighted by atomic mass is 10.1. The quantitative estimate of drug-likeness (QED) is 0.925. The van der Waals surface area contributed by atoms with E-state index < -0.39 is 12.0 Å². The fraction of sp³-hybridized carbons (Fsp3) is 0.500. The molecule has 0 atom stereocenters. The Balaban J connectivity index is 1.74. The van der Waals surface area contributed by atoms with E-state index in [1.54, 1.807) is 0 Å². The Kier molecular flexibility index (Phi) is 3.64. The van der Waals surface area contributed by atoms with E-state index >= 15 is 0 Å². The lowest BCUT2D eigenvalue weighted by molar-refractivity contribution is -0.145. The molecule has 3 rings (SSSR count). The number of rotatable bonds is 2. The summed E-state index contributed by atoms with van der Waals surface area (Å²) in [5.74, 6) is -0.191.